The first kappa shape index (κ1) is 45.0. The van der Waals surface area contributed by atoms with E-state index in [2.05, 4.69) is 25.4 Å². The zero-order chi connectivity index (χ0) is 42.1. The van der Waals surface area contributed by atoms with Crippen LogP contribution in [-0.2, 0) is 32.9 Å². The van der Waals surface area contributed by atoms with Gasteiger partial charge in [0.1, 0.15) is 36.4 Å². The van der Waals surface area contributed by atoms with Crippen LogP contribution >= 0.6 is 7.75 Å². The highest BCUT2D eigenvalue weighted by atomic mass is 31.2. The lowest BCUT2D eigenvalue weighted by Crippen LogP contribution is -2.47. The Labute approximate surface area is 333 Å². The number of nitrogens with one attached hydrogen (secondary N) is 3. The molecule has 1 aromatic carbocycles. The maximum absolute atomic E-state index is 14.8. The minimum atomic E-state index is -4.38. The van der Waals surface area contributed by atoms with E-state index in [0.717, 1.165) is 12.8 Å². The van der Waals surface area contributed by atoms with E-state index >= 15 is 0 Å². The first-order chi connectivity index (χ1) is 26.8. The topological polar surface area (TPSA) is 228 Å². The number of benzene rings is 1. The summed E-state index contributed by atoms with van der Waals surface area (Å²) in [5.41, 5.74) is 4.33. The van der Waals surface area contributed by atoms with Crippen LogP contribution in [0.15, 0.2) is 47.0 Å². The number of fused-ring (bicyclic) bond motifs is 1. The standard InChI is InChI=1S/C39H58N7O10P/c1-10-26(11-2)20-52-34(48)29(17-24(3)4)45-57(51,56-28-15-13-12-14-16-28)54-22-39(21-53-35(49)30(25(5)6)42-37(50)55-38(7,8)9)18-27(39)19-46-23-41-31-32(46)43-36(40)44-33(31)47/h12-16,19,23-26,29-30H,10-11,17-18,20-22H2,1-9H3,(H,42,50)(H,45,51)(H3,40,43,44,47)/b27-19-/t29-,30-,39?,57-/m0/s1. The highest BCUT2D eigenvalue weighted by Crippen LogP contribution is 2.57. The summed E-state index contributed by atoms with van der Waals surface area (Å²) in [5, 5.41) is 5.47. The van der Waals surface area contributed by atoms with Crippen molar-refractivity contribution in [1.29, 1.82) is 0 Å². The average Bonchev–Trinajstić information content (AvgIpc) is 3.66. The van der Waals surface area contributed by atoms with Crippen LogP contribution in [-0.4, -0.2) is 75.1 Å². The maximum atomic E-state index is 14.8. The van der Waals surface area contributed by atoms with Crippen molar-refractivity contribution < 1.29 is 42.2 Å². The molecule has 0 spiro atoms. The molecule has 0 aliphatic heterocycles. The van der Waals surface area contributed by atoms with Gasteiger partial charge in [0.15, 0.2) is 11.2 Å². The van der Waals surface area contributed by atoms with Gasteiger partial charge in [0.2, 0.25) is 5.95 Å². The zero-order valence-corrected chi connectivity index (χ0v) is 35.2. The largest absolute Gasteiger partial charge is 0.464 e. The number of hydrogen-bond donors (Lipinski definition) is 4. The molecule has 1 aliphatic rings. The minimum absolute atomic E-state index is 0.000161. The Hall–Kier alpha value is -4.73. The molecule has 4 rings (SSSR count). The molecule has 17 nitrogen and oxygen atoms in total. The molecule has 57 heavy (non-hydrogen) atoms. The van der Waals surface area contributed by atoms with Crippen LogP contribution in [0, 0.1) is 23.2 Å². The van der Waals surface area contributed by atoms with Crippen LogP contribution in [0.1, 0.15) is 88.0 Å². The number of aromatic nitrogens is 4. The number of imidazole rings is 1. The van der Waals surface area contributed by atoms with E-state index < -0.39 is 54.4 Å². The van der Waals surface area contributed by atoms with Crippen LogP contribution in [0.4, 0.5) is 10.7 Å². The predicted octanol–water partition coefficient (Wildman–Crippen LogP) is 6.21. The first-order valence-electron chi connectivity index (χ1n) is 19.3. The molecule has 1 fully saturated rings. The predicted molar refractivity (Wildman–Crippen MR) is 215 cm³/mol. The van der Waals surface area contributed by atoms with Gasteiger partial charge in [-0.2, -0.15) is 10.1 Å². The summed E-state index contributed by atoms with van der Waals surface area (Å²) in [4.78, 5) is 63.0. The number of hydrogen-bond acceptors (Lipinski definition) is 13. The van der Waals surface area contributed by atoms with Crippen molar-refractivity contribution >= 4 is 49.1 Å². The number of anilines is 1. The van der Waals surface area contributed by atoms with Gasteiger partial charge < -0.3 is 29.8 Å². The Morgan fingerprint density at radius 3 is 2.35 bits per heavy atom. The maximum Gasteiger partial charge on any atom is 0.459 e. The number of nitrogens with zero attached hydrogens (tertiary/aromatic N) is 3. The van der Waals surface area contributed by atoms with Crippen LogP contribution < -0.4 is 26.2 Å². The zero-order valence-electron chi connectivity index (χ0n) is 34.3. The van der Waals surface area contributed by atoms with Crippen LogP contribution in [0.3, 0.4) is 0 Å². The van der Waals surface area contributed by atoms with Gasteiger partial charge in [-0.25, -0.2) is 19.1 Å². The van der Waals surface area contributed by atoms with Crippen LogP contribution in [0.2, 0.25) is 0 Å². The Kier molecular flexibility index (Phi) is 15.1. The molecule has 4 atom stereocenters. The van der Waals surface area contributed by atoms with Gasteiger partial charge >= 0.3 is 25.8 Å². The van der Waals surface area contributed by atoms with Crippen LogP contribution in [0.25, 0.3) is 17.4 Å². The summed E-state index contributed by atoms with van der Waals surface area (Å²) in [6.45, 7) is 16.2. The van der Waals surface area contributed by atoms with Gasteiger partial charge in [-0.05, 0) is 69.1 Å². The van der Waals surface area contributed by atoms with Crippen LogP contribution in [0.5, 0.6) is 5.75 Å². The molecule has 1 unspecified atom stereocenters. The molecule has 2 aromatic heterocycles. The lowest BCUT2D eigenvalue weighted by Gasteiger charge is -2.28. The van der Waals surface area contributed by atoms with E-state index in [1.807, 2.05) is 27.7 Å². The summed E-state index contributed by atoms with van der Waals surface area (Å²) in [5.74, 6) is -1.39. The Morgan fingerprint density at radius 1 is 1.05 bits per heavy atom. The van der Waals surface area contributed by atoms with Crippen molar-refractivity contribution in [1.82, 2.24) is 29.9 Å². The van der Waals surface area contributed by atoms with Crippen molar-refractivity contribution in [3.05, 3.63) is 52.6 Å². The van der Waals surface area contributed by atoms with E-state index in [1.165, 1.54) is 10.9 Å². The normalized spacial score (nSPS) is 18.4. The molecule has 0 saturated heterocycles. The molecule has 3 aromatic rings. The fraction of sp³-hybridized carbons (Fsp3) is 0.590. The fourth-order valence-electron chi connectivity index (χ4n) is 5.88. The summed E-state index contributed by atoms with van der Waals surface area (Å²) in [7, 11) is -4.38. The van der Waals surface area contributed by atoms with Gasteiger partial charge in [-0.15, -0.1) is 0 Å². The molecular formula is C39H58N7O10P. The number of alkyl carbamates (subject to hydrolysis) is 1. The second-order valence-electron chi connectivity index (χ2n) is 16.2. The molecule has 1 saturated carbocycles. The number of carbonyl (C=O) groups is 3. The third-order valence-corrected chi connectivity index (χ3v) is 10.9. The number of rotatable bonds is 20. The second-order valence-corrected chi connectivity index (χ2v) is 17.9. The number of carbonyl (C=O) groups excluding carboxylic acids is 3. The molecule has 18 heteroatoms. The SMILES string of the molecule is CCC(CC)COC(=O)[C@H](CC(C)C)N[P@](=O)(OCC1(COC(=O)[C@@H](NC(=O)OC(C)(C)C)C(C)C)C/C1=C/n1cnc2c(=O)[nH]c(N)nc21)Oc1ccccc1. The molecular weight excluding hydrogens is 757 g/mol. The summed E-state index contributed by atoms with van der Waals surface area (Å²) < 4.78 is 45.5. The molecule has 1 amide bonds. The van der Waals surface area contributed by atoms with Crippen molar-refractivity contribution in [3.8, 4) is 5.75 Å². The summed E-state index contributed by atoms with van der Waals surface area (Å²) in [6, 6.07) is 6.28. The Morgan fingerprint density at radius 2 is 1.74 bits per heavy atom. The van der Waals surface area contributed by atoms with Crippen molar-refractivity contribution in [2.75, 3.05) is 25.6 Å². The van der Waals surface area contributed by atoms with Crippen molar-refractivity contribution in [2.24, 2.45) is 23.2 Å². The average molecular weight is 816 g/mol. The number of ether oxygens (including phenoxy) is 3. The smallest absolute Gasteiger partial charge is 0.459 e. The van der Waals surface area contributed by atoms with E-state index in [1.54, 1.807) is 71.2 Å². The van der Waals surface area contributed by atoms with Gasteiger partial charge in [0, 0.05) is 6.20 Å². The van der Waals surface area contributed by atoms with Gasteiger partial charge in [0.05, 0.1) is 18.6 Å². The molecule has 2 heterocycles. The second kappa shape index (κ2) is 19.1. The van der Waals surface area contributed by atoms with E-state index in [4.69, 9.17) is 29.0 Å². The monoisotopic (exact) mass is 815 g/mol. The first-order valence-corrected chi connectivity index (χ1v) is 20.8. The fourth-order valence-corrected chi connectivity index (χ4v) is 7.47. The lowest BCUT2D eigenvalue weighted by atomic mass is 10.0. The van der Waals surface area contributed by atoms with Gasteiger partial charge in [-0.3, -0.25) is 23.7 Å². The highest BCUT2D eigenvalue weighted by Gasteiger charge is 2.53. The minimum Gasteiger partial charge on any atom is -0.464 e. The molecule has 0 radical (unpaired) electrons. The summed E-state index contributed by atoms with van der Waals surface area (Å²) in [6.07, 6.45) is 4.48. The third-order valence-electron chi connectivity index (χ3n) is 9.32. The van der Waals surface area contributed by atoms with Gasteiger partial charge in [-0.1, -0.05) is 72.6 Å². The quantitative estimate of drug-likeness (QED) is 0.0565. The number of aromatic amines is 1. The number of amides is 1. The van der Waals surface area contributed by atoms with Crippen molar-refractivity contribution in [2.45, 2.75) is 106 Å². The third kappa shape index (κ3) is 12.9. The van der Waals surface area contributed by atoms with Crippen molar-refractivity contribution in [3.63, 3.8) is 0 Å². The number of nitrogens with two attached hydrogens (primary N) is 1. The number of esters is 2. The van der Waals surface area contributed by atoms with E-state index in [-0.39, 0.29) is 73.3 Å². The highest BCUT2D eigenvalue weighted by molar-refractivity contribution is 7.52. The number of para-hydroxylation sites is 1. The van der Waals surface area contributed by atoms with Gasteiger partial charge in [0.25, 0.3) is 5.56 Å². The summed E-state index contributed by atoms with van der Waals surface area (Å²) >= 11 is 0. The Balaban J connectivity index is 1.67. The Bertz CT molecular complexity index is 1990. The lowest BCUT2D eigenvalue weighted by molar-refractivity contribution is -0.150. The molecule has 314 valence electrons. The molecule has 1 aliphatic carbocycles. The van der Waals surface area contributed by atoms with E-state index in [9.17, 15) is 23.7 Å². The number of nitrogen functional groups attached to an aromatic ring is 1. The van der Waals surface area contributed by atoms with E-state index in [0.29, 0.717) is 5.57 Å². The molecule has 0 bridgehead atoms. The molecule has 5 N–H and O–H groups in total. The number of H-pyrrole nitrogens is 1.